The van der Waals surface area contributed by atoms with Crippen LogP contribution in [0.25, 0.3) is 0 Å². The molecule has 0 saturated carbocycles. The van der Waals surface area contributed by atoms with Crippen molar-refractivity contribution in [1.82, 2.24) is 0 Å². The van der Waals surface area contributed by atoms with Gasteiger partial charge in [0.05, 0.1) is 6.10 Å². The molecule has 1 unspecified atom stereocenters. The molecule has 0 fully saturated rings. The van der Waals surface area contributed by atoms with Gasteiger partial charge in [-0.15, -0.1) is 0 Å². The van der Waals surface area contributed by atoms with Crippen LogP contribution in [0.2, 0.25) is 18.1 Å². The van der Waals surface area contributed by atoms with Gasteiger partial charge < -0.3 is 20.9 Å². The first kappa shape index (κ1) is 31.9. The Labute approximate surface area is 135 Å². The Balaban J connectivity index is -0.0000000717. The van der Waals surface area contributed by atoms with Crippen LogP contribution in [0.4, 0.5) is 0 Å². The zero-order valence-electron chi connectivity index (χ0n) is 13.4. The van der Waals surface area contributed by atoms with Crippen LogP contribution in [-0.4, -0.2) is 35.3 Å². The first-order chi connectivity index (χ1) is 7.45. The molecule has 0 rings (SSSR count). The molecule has 6 heteroatoms. The molecule has 0 aliphatic carbocycles. The first-order valence-electron chi connectivity index (χ1n) is 6.86. The molecule has 1 atom stereocenters. The molecule has 6 N–H and O–H groups in total. The number of hydrogen-bond acceptors (Lipinski definition) is 2. The number of rotatable bonds is 7. The minimum Gasteiger partial charge on any atom is -0.432 e. The van der Waals surface area contributed by atoms with Gasteiger partial charge in [0, 0.05) is 21.7 Å². The third-order valence-electron chi connectivity index (χ3n) is 2.74. The standard InChI is InChI=1S/C9H22OSi.C4H10O.2H2O.Ti/c1-4-7-11(10,8-5-2)9-6-3;1-3-4(2)5;;;/h10H,4-9H2,1-3H3;4-5H,3H2,1-2H3;2*1H2;. The van der Waals surface area contributed by atoms with Crippen LogP contribution in [0, 0.1) is 0 Å². The third kappa shape index (κ3) is 24.2. The summed E-state index contributed by atoms with van der Waals surface area (Å²) < 4.78 is 0. The third-order valence-corrected chi connectivity index (χ3v) is 7.03. The van der Waals surface area contributed by atoms with Gasteiger partial charge in [-0.3, -0.25) is 0 Å². The molecule has 0 amide bonds. The van der Waals surface area contributed by atoms with E-state index < -0.39 is 8.32 Å². The molecule has 0 bridgehead atoms. The minimum absolute atomic E-state index is 0. The molecule has 4 nitrogen and oxygen atoms in total. The topological polar surface area (TPSA) is 103 Å². The van der Waals surface area contributed by atoms with E-state index in [1.807, 2.05) is 6.92 Å². The summed E-state index contributed by atoms with van der Waals surface area (Å²) in [7, 11) is -1.75. The van der Waals surface area contributed by atoms with Gasteiger partial charge in [0.1, 0.15) is 0 Å². The molecule has 0 aliphatic rings. The van der Waals surface area contributed by atoms with E-state index in [1.165, 1.54) is 0 Å². The van der Waals surface area contributed by atoms with Crippen molar-refractivity contribution in [3.8, 4) is 0 Å². The van der Waals surface area contributed by atoms with Gasteiger partial charge in [0.15, 0.2) is 8.32 Å². The van der Waals surface area contributed by atoms with Crippen LogP contribution in [0.3, 0.4) is 0 Å². The van der Waals surface area contributed by atoms with Crippen molar-refractivity contribution in [3.63, 3.8) is 0 Å². The Morgan fingerprint density at radius 1 is 0.842 bits per heavy atom. The summed E-state index contributed by atoms with van der Waals surface area (Å²) in [5.74, 6) is 0. The number of aliphatic hydroxyl groups excluding tert-OH is 1. The second-order valence-corrected chi connectivity index (χ2v) is 8.68. The average molecular weight is 332 g/mol. The van der Waals surface area contributed by atoms with Crippen molar-refractivity contribution in [2.24, 2.45) is 0 Å². The maximum Gasteiger partial charge on any atom is 0.188 e. The Bertz CT molecular complexity index is 132. The van der Waals surface area contributed by atoms with Crippen molar-refractivity contribution in [1.29, 1.82) is 0 Å². The maximum atomic E-state index is 10.2. The van der Waals surface area contributed by atoms with E-state index in [-0.39, 0.29) is 38.8 Å². The van der Waals surface area contributed by atoms with E-state index in [1.54, 1.807) is 6.92 Å². The van der Waals surface area contributed by atoms with Crippen LogP contribution >= 0.6 is 0 Å². The van der Waals surface area contributed by atoms with E-state index in [2.05, 4.69) is 20.8 Å². The van der Waals surface area contributed by atoms with Gasteiger partial charge in [-0.05, 0) is 31.5 Å². The fraction of sp³-hybridized carbons (Fsp3) is 1.00. The minimum atomic E-state index is -1.75. The second kappa shape index (κ2) is 21.1. The molecule has 0 saturated heterocycles. The monoisotopic (exact) mass is 332 g/mol. The Hall–Kier alpha value is 0.771. The van der Waals surface area contributed by atoms with Gasteiger partial charge in [-0.1, -0.05) is 47.0 Å². The summed E-state index contributed by atoms with van der Waals surface area (Å²) in [5.41, 5.74) is 0. The van der Waals surface area contributed by atoms with E-state index in [0.29, 0.717) is 0 Å². The van der Waals surface area contributed by atoms with Crippen LogP contribution in [-0.2, 0) is 21.7 Å². The fourth-order valence-electron chi connectivity index (χ4n) is 1.77. The first-order valence-corrected chi connectivity index (χ1v) is 9.43. The van der Waals surface area contributed by atoms with Gasteiger partial charge in [-0.25, -0.2) is 0 Å². The molecule has 0 aliphatic heterocycles. The maximum absolute atomic E-state index is 10.2. The summed E-state index contributed by atoms with van der Waals surface area (Å²) in [6.07, 6.45) is 4.21. The zero-order valence-corrected chi connectivity index (χ0v) is 16.0. The Kier molecular flexibility index (Phi) is 35.4. The van der Waals surface area contributed by atoms with Crippen LogP contribution < -0.4 is 0 Å². The van der Waals surface area contributed by atoms with Crippen molar-refractivity contribution >= 4 is 8.32 Å². The molecule has 120 valence electrons. The number of hydrogen-bond donors (Lipinski definition) is 2. The Morgan fingerprint density at radius 2 is 1.05 bits per heavy atom. The number of aliphatic hydroxyl groups is 1. The summed E-state index contributed by atoms with van der Waals surface area (Å²) >= 11 is 0. The average Bonchev–Trinajstić information content (AvgIpc) is 2.19. The molecule has 0 heterocycles. The summed E-state index contributed by atoms with van der Waals surface area (Å²) in [6, 6.07) is 3.32. The normalized spacial score (nSPS) is 10.9. The molecule has 0 aromatic heterocycles. The predicted molar refractivity (Wildman–Crippen MR) is 82.5 cm³/mol. The second-order valence-electron chi connectivity index (χ2n) is 4.73. The molecular formula is C13H36O4SiTi. The van der Waals surface area contributed by atoms with E-state index >= 15 is 0 Å². The molecule has 0 spiro atoms. The van der Waals surface area contributed by atoms with Crippen molar-refractivity contribution in [2.75, 3.05) is 0 Å². The zero-order chi connectivity index (χ0) is 13.0. The van der Waals surface area contributed by atoms with Gasteiger partial charge >= 0.3 is 0 Å². The van der Waals surface area contributed by atoms with Crippen molar-refractivity contribution in [3.05, 3.63) is 0 Å². The fourth-order valence-corrected chi connectivity index (χ4v) is 5.31. The predicted octanol–water partition coefficient (Wildman–Crippen LogP) is 2.28. The summed E-state index contributed by atoms with van der Waals surface area (Å²) in [4.78, 5) is 10.2. The van der Waals surface area contributed by atoms with Crippen molar-refractivity contribution in [2.45, 2.75) is 84.5 Å². The molecular weight excluding hydrogens is 296 g/mol. The summed E-state index contributed by atoms with van der Waals surface area (Å²) in [5, 5.41) is 8.36. The van der Waals surface area contributed by atoms with Gasteiger partial charge in [-0.2, -0.15) is 0 Å². The van der Waals surface area contributed by atoms with Gasteiger partial charge in [0.25, 0.3) is 0 Å². The quantitative estimate of drug-likeness (QED) is 0.698. The molecule has 0 aromatic rings. The van der Waals surface area contributed by atoms with E-state index in [0.717, 1.165) is 43.8 Å². The largest absolute Gasteiger partial charge is 0.432 e. The Morgan fingerprint density at radius 3 is 1.16 bits per heavy atom. The smallest absolute Gasteiger partial charge is 0.188 e. The van der Waals surface area contributed by atoms with E-state index in [4.69, 9.17) is 5.11 Å². The van der Waals surface area contributed by atoms with Crippen LogP contribution in [0.15, 0.2) is 0 Å². The molecule has 0 aromatic carbocycles. The molecule has 19 heavy (non-hydrogen) atoms. The SMILES string of the molecule is CCC(C)O.CCC[Si](O)(CCC)CCC.O.O.[Ti]. The van der Waals surface area contributed by atoms with Crippen LogP contribution in [0.1, 0.15) is 60.3 Å². The van der Waals surface area contributed by atoms with Crippen molar-refractivity contribution < 1.29 is 42.6 Å². The molecule has 0 radical (unpaired) electrons. The summed E-state index contributed by atoms with van der Waals surface area (Å²) in [6.45, 7) is 10.2. The van der Waals surface area contributed by atoms with E-state index in [9.17, 15) is 4.80 Å². The van der Waals surface area contributed by atoms with Gasteiger partial charge in [0.2, 0.25) is 0 Å². The van der Waals surface area contributed by atoms with Crippen LogP contribution in [0.5, 0.6) is 0 Å².